The fraction of sp³-hybridized carbons (Fsp3) is 0.500. The van der Waals surface area contributed by atoms with E-state index in [1.807, 2.05) is 24.3 Å². The zero-order chi connectivity index (χ0) is 34.2. The van der Waals surface area contributed by atoms with E-state index in [0.29, 0.717) is 47.8 Å². The van der Waals surface area contributed by atoms with Gasteiger partial charge in [-0.15, -0.1) is 0 Å². The Morgan fingerprint density at radius 3 is 2.48 bits per heavy atom. The number of methoxy groups -OCH3 is 1. The number of likely N-dealkylation sites (tertiary alicyclic amines) is 1. The summed E-state index contributed by atoms with van der Waals surface area (Å²) in [6, 6.07) is 15.3. The van der Waals surface area contributed by atoms with E-state index in [4.69, 9.17) is 9.57 Å². The van der Waals surface area contributed by atoms with Crippen molar-refractivity contribution in [2.45, 2.75) is 81.6 Å². The summed E-state index contributed by atoms with van der Waals surface area (Å²) >= 11 is 0. The lowest BCUT2D eigenvalue weighted by molar-refractivity contribution is -0.111. The van der Waals surface area contributed by atoms with Gasteiger partial charge in [-0.2, -0.15) is 0 Å². The highest BCUT2D eigenvalue weighted by Crippen LogP contribution is 2.43. The van der Waals surface area contributed by atoms with Gasteiger partial charge in [0.05, 0.1) is 36.8 Å². The van der Waals surface area contributed by atoms with Gasteiger partial charge in [-0.05, 0) is 81.2 Å². The van der Waals surface area contributed by atoms with Gasteiger partial charge in [0.15, 0.2) is 5.82 Å². The number of aromatic nitrogens is 2. The molecule has 2 N–H and O–H groups in total. The summed E-state index contributed by atoms with van der Waals surface area (Å²) in [7, 11) is 1.65. The third kappa shape index (κ3) is 6.88. The molecule has 0 radical (unpaired) electrons. The number of nitrogens with zero attached hydrogens (tertiary/aromatic N) is 6. The number of carbonyl (C=O) groups is 1. The topological polar surface area (TPSA) is 98.3 Å². The van der Waals surface area contributed by atoms with Crippen LogP contribution in [0.15, 0.2) is 61.4 Å². The van der Waals surface area contributed by atoms with Crippen molar-refractivity contribution in [3.8, 4) is 5.75 Å². The van der Waals surface area contributed by atoms with E-state index in [0.717, 1.165) is 61.7 Å². The molecule has 2 aromatic carbocycles. The van der Waals surface area contributed by atoms with Crippen LogP contribution >= 0.6 is 0 Å². The van der Waals surface area contributed by atoms with E-state index in [2.05, 4.69) is 41.9 Å². The van der Waals surface area contributed by atoms with E-state index in [1.165, 1.54) is 57.2 Å². The molecule has 3 atom stereocenters. The van der Waals surface area contributed by atoms with Gasteiger partial charge >= 0.3 is 0 Å². The second kappa shape index (κ2) is 14.2. The quantitative estimate of drug-likeness (QED) is 0.252. The molecule has 264 valence electrons. The zero-order valence-corrected chi connectivity index (χ0v) is 28.8. The standard InChI is InChI=1S/C38H47FN8O3/c1-3-38(48)43-32-19-33(42-36-21-37(41-24-40-36)47-29(13-16-50-47)18-25-5-4-6-26(39)17-25)35(49-2)20-34(32)44-14-11-27(12-15-44)45-22-30-9-10-31(23-45)46(30)28-7-8-28/h3-6,17,19-21,24,27-31H,1,7-16,18,22-23H2,2H3,(H,43,48)(H,40,41,42)/t29-,30-,31+/m1/s1. The Hall–Kier alpha value is -4.26. The van der Waals surface area contributed by atoms with Crippen molar-refractivity contribution < 1.29 is 18.8 Å². The number of piperazine rings is 1. The molecule has 5 aliphatic rings. The predicted octanol–water partition coefficient (Wildman–Crippen LogP) is 5.53. The van der Waals surface area contributed by atoms with Crippen LogP contribution in [-0.2, 0) is 16.1 Å². The fourth-order valence-corrected chi connectivity index (χ4v) is 8.65. The van der Waals surface area contributed by atoms with Gasteiger partial charge in [0.2, 0.25) is 5.91 Å². The Kier molecular flexibility index (Phi) is 9.32. The van der Waals surface area contributed by atoms with Crippen LogP contribution in [0.4, 0.5) is 33.1 Å². The SMILES string of the molecule is C=CC(=O)Nc1cc(Nc2cc(N3OCC[C@@H]3Cc3cccc(F)c3)ncn2)c(OC)cc1N1CCC(N2C[C@H]3CC[C@@H](C2)N3C2CC2)CC1. The van der Waals surface area contributed by atoms with E-state index in [1.54, 1.807) is 24.3 Å². The molecule has 50 heavy (non-hydrogen) atoms. The molecule has 12 heteroatoms. The fourth-order valence-electron chi connectivity index (χ4n) is 8.65. The van der Waals surface area contributed by atoms with Gasteiger partial charge in [-0.1, -0.05) is 18.7 Å². The summed E-state index contributed by atoms with van der Waals surface area (Å²) < 4.78 is 19.8. The van der Waals surface area contributed by atoms with Gasteiger partial charge in [0.25, 0.3) is 0 Å². The number of rotatable bonds is 11. The van der Waals surface area contributed by atoms with Crippen molar-refractivity contribution in [2.24, 2.45) is 0 Å². The average Bonchev–Trinajstić information content (AvgIpc) is 3.81. The summed E-state index contributed by atoms with van der Waals surface area (Å²) in [5, 5.41) is 8.22. The van der Waals surface area contributed by atoms with Crippen LogP contribution in [0.1, 0.15) is 50.5 Å². The number of nitrogens with one attached hydrogen (secondary N) is 2. The Morgan fingerprint density at radius 2 is 1.76 bits per heavy atom. The smallest absolute Gasteiger partial charge is 0.247 e. The molecule has 1 amide bonds. The minimum Gasteiger partial charge on any atom is -0.494 e. The summed E-state index contributed by atoms with van der Waals surface area (Å²) in [4.78, 5) is 35.6. The lowest BCUT2D eigenvalue weighted by Crippen LogP contribution is -2.58. The highest BCUT2D eigenvalue weighted by molar-refractivity contribution is 6.02. The minimum atomic E-state index is -0.277. The molecule has 1 aliphatic carbocycles. The molecule has 3 aromatic rings. The number of ether oxygens (including phenoxy) is 1. The molecule has 8 rings (SSSR count). The van der Waals surface area contributed by atoms with Gasteiger partial charge in [-0.25, -0.2) is 19.4 Å². The van der Waals surface area contributed by atoms with Gasteiger partial charge in [0, 0.05) is 62.5 Å². The van der Waals surface area contributed by atoms with Crippen LogP contribution in [0.5, 0.6) is 5.75 Å². The van der Waals surface area contributed by atoms with Gasteiger partial charge in [-0.3, -0.25) is 19.4 Å². The highest BCUT2D eigenvalue weighted by Gasteiger charge is 2.47. The van der Waals surface area contributed by atoms with Gasteiger partial charge in [0.1, 0.15) is 23.7 Å². The Labute approximate surface area is 293 Å². The van der Waals surface area contributed by atoms with Crippen molar-refractivity contribution in [2.75, 3.05) is 60.5 Å². The highest BCUT2D eigenvalue weighted by atomic mass is 19.1. The van der Waals surface area contributed by atoms with Crippen LogP contribution in [0.25, 0.3) is 0 Å². The summed E-state index contributed by atoms with van der Waals surface area (Å²) in [5.41, 5.74) is 3.16. The van der Waals surface area contributed by atoms with Crippen molar-refractivity contribution in [1.82, 2.24) is 19.8 Å². The second-order valence-corrected chi connectivity index (χ2v) is 14.3. The molecule has 2 bridgehead atoms. The number of hydrogen-bond acceptors (Lipinski definition) is 10. The number of benzene rings is 2. The second-order valence-electron chi connectivity index (χ2n) is 14.3. The molecule has 4 saturated heterocycles. The van der Waals surface area contributed by atoms with E-state index in [-0.39, 0.29) is 17.8 Å². The number of hydroxylamine groups is 1. The number of hydrogen-bond donors (Lipinski definition) is 2. The van der Waals surface area contributed by atoms with E-state index >= 15 is 0 Å². The molecule has 11 nitrogen and oxygen atoms in total. The Morgan fingerprint density at radius 1 is 0.980 bits per heavy atom. The van der Waals surface area contributed by atoms with Crippen LogP contribution in [0, 0.1) is 5.82 Å². The third-order valence-corrected chi connectivity index (χ3v) is 11.1. The summed E-state index contributed by atoms with van der Waals surface area (Å²) in [6.07, 6.45) is 11.8. The van der Waals surface area contributed by atoms with Crippen LogP contribution < -0.4 is 25.3 Å². The molecule has 5 heterocycles. The lowest BCUT2D eigenvalue weighted by atomic mass is 9.99. The maximum absolute atomic E-state index is 13.9. The molecule has 1 saturated carbocycles. The van der Waals surface area contributed by atoms with Crippen molar-refractivity contribution >= 4 is 34.6 Å². The number of carbonyl (C=O) groups excluding carboxylic acids is 1. The molecule has 1 aromatic heterocycles. The largest absolute Gasteiger partial charge is 0.494 e. The third-order valence-electron chi connectivity index (χ3n) is 11.1. The molecular weight excluding hydrogens is 635 g/mol. The number of anilines is 5. The first-order chi connectivity index (χ1) is 24.4. The number of amides is 1. The maximum Gasteiger partial charge on any atom is 0.247 e. The number of piperidine rings is 1. The first-order valence-corrected chi connectivity index (χ1v) is 18.1. The van der Waals surface area contributed by atoms with Crippen molar-refractivity contribution in [3.05, 3.63) is 72.8 Å². The lowest BCUT2D eigenvalue weighted by Gasteiger charge is -2.47. The monoisotopic (exact) mass is 682 g/mol. The van der Waals surface area contributed by atoms with E-state index in [9.17, 15) is 9.18 Å². The number of fused-ring (bicyclic) bond motifs is 2. The average molecular weight is 683 g/mol. The number of halogens is 1. The van der Waals surface area contributed by atoms with E-state index < -0.39 is 0 Å². The molecule has 0 spiro atoms. The summed E-state index contributed by atoms with van der Waals surface area (Å²) in [5.74, 6) is 1.24. The predicted molar refractivity (Wildman–Crippen MR) is 193 cm³/mol. The van der Waals surface area contributed by atoms with Crippen LogP contribution in [0.3, 0.4) is 0 Å². The van der Waals surface area contributed by atoms with Crippen molar-refractivity contribution in [1.29, 1.82) is 0 Å². The van der Waals surface area contributed by atoms with Crippen molar-refractivity contribution in [3.63, 3.8) is 0 Å². The maximum atomic E-state index is 13.9. The molecule has 5 fully saturated rings. The first kappa shape index (κ1) is 32.9. The summed E-state index contributed by atoms with van der Waals surface area (Å²) in [6.45, 7) is 8.43. The van der Waals surface area contributed by atoms with Crippen LogP contribution in [-0.4, -0.2) is 95.8 Å². The molecule has 4 aliphatic heterocycles. The first-order valence-electron chi connectivity index (χ1n) is 18.1. The van der Waals surface area contributed by atoms with Crippen LogP contribution in [0.2, 0.25) is 0 Å². The molecule has 0 unspecified atom stereocenters. The molecular formula is C38H47FN8O3. The normalized spacial score (nSPS) is 24.4. The Bertz CT molecular complexity index is 1700. The van der Waals surface area contributed by atoms with Gasteiger partial charge < -0.3 is 20.3 Å². The Balaban J connectivity index is 0.977. The zero-order valence-electron chi connectivity index (χ0n) is 28.8. The minimum absolute atomic E-state index is 0.000657.